The fraction of sp³-hybridized carbons (Fsp3) is 0.250. The van der Waals surface area contributed by atoms with Gasteiger partial charge in [-0.05, 0) is 35.4 Å². The molecule has 0 aliphatic carbocycles. The van der Waals surface area contributed by atoms with Crippen molar-refractivity contribution in [3.63, 3.8) is 0 Å². The molecule has 0 bridgehead atoms. The van der Waals surface area contributed by atoms with Gasteiger partial charge in [-0.15, -0.1) is 18.3 Å². The molecule has 10 nitrogen and oxygen atoms in total. The standard InChI is InChI=1S/C32H31N3O7S/c1-2-17-40-26-28(38)35-18-32(30(34-20-36)43-29(26)35,19-41-24-15-13-23(14-16-24)27(33)37)31(39)42-25(21-9-5-3-6-10-21)22-11-7-4-8-12-22/h2-16,20,25-26,29-30H,1,17-19H2,(H2,33,37)(H,34,36)/t26?,29-,30?,32?/m1/s1. The molecule has 3 aromatic rings. The molecule has 11 heteroatoms. The van der Waals surface area contributed by atoms with Crippen molar-refractivity contribution in [2.24, 2.45) is 11.1 Å². The molecule has 0 spiro atoms. The Balaban J connectivity index is 1.50. The van der Waals surface area contributed by atoms with E-state index >= 15 is 0 Å². The Bertz CT molecular complexity index is 1430. The summed E-state index contributed by atoms with van der Waals surface area (Å²) in [5.41, 5.74) is 5.63. The number of fused-ring (bicyclic) bond motifs is 1. The number of hydrogen-bond donors (Lipinski definition) is 2. The van der Waals surface area contributed by atoms with E-state index in [2.05, 4.69) is 11.9 Å². The van der Waals surface area contributed by atoms with Gasteiger partial charge >= 0.3 is 5.97 Å². The second-order valence-electron chi connectivity index (χ2n) is 10.1. The highest BCUT2D eigenvalue weighted by Crippen LogP contribution is 2.48. The summed E-state index contributed by atoms with van der Waals surface area (Å²) in [7, 11) is 0. The Labute approximate surface area is 253 Å². The minimum Gasteiger partial charge on any atom is -0.492 e. The molecule has 4 atom stereocenters. The van der Waals surface area contributed by atoms with E-state index in [-0.39, 0.29) is 25.7 Å². The van der Waals surface area contributed by atoms with Gasteiger partial charge in [-0.3, -0.25) is 19.2 Å². The predicted molar refractivity (Wildman–Crippen MR) is 160 cm³/mol. The lowest BCUT2D eigenvalue weighted by Gasteiger charge is -2.56. The van der Waals surface area contributed by atoms with Crippen LogP contribution in [-0.2, 0) is 23.9 Å². The maximum Gasteiger partial charge on any atom is 0.321 e. The number of amides is 3. The lowest BCUT2D eigenvalue weighted by atomic mass is 9.85. The van der Waals surface area contributed by atoms with Crippen LogP contribution in [0.4, 0.5) is 0 Å². The van der Waals surface area contributed by atoms with Crippen LogP contribution in [0.25, 0.3) is 0 Å². The number of carbonyl (C=O) groups excluding carboxylic acids is 4. The highest BCUT2D eigenvalue weighted by Gasteiger charge is 2.63. The summed E-state index contributed by atoms with van der Waals surface area (Å²) in [5.74, 6) is -1.17. The summed E-state index contributed by atoms with van der Waals surface area (Å²) in [6.45, 7) is 3.49. The predicted octanol–water partition coefficient (Wildman–Crippen LogP) is 3.04. The number of primary amides is 1. The van der Waals surface area contributed by atoms with E-state index in [9.17, 15) is 19.2 Å². The molecule has 43 heavy (non-hydrogen) atoms. The minimum atomic E-state index is -1.52. The van der Waals surface area contributed by atoms with Gasteiger partial charge in [0.2, 0.25) is 12.3 Å². The molecule has 3 aromatic carbocycles. The Morgan fingerprint density at radius 3 is 2.23 bits per heavy atom. The van der Waals surface area contributed by atoms with Crippen molar-refractivity contribution < 1.29 is 33.4 Å². The molecule has 0 radical (unpaired) electrons. The van der Waals surface area contributed by atoms with Gasteiger partial charge in [0.05, 0.1) is 12.0 Å². The van der Waals surface area contributed by atoms with Gasteiger partial charge in [-0.2, -0.15) is 0 Å². The number of nitrogens with zero attached hydrogens (tertiary/aromatic N) is 1. The van der Waals surface area contributed by atoms with Gasteiger partial charge in [0.15, 0.2) is 12.2 Å². The number of β-lactam (4-membered cyclic amide) rings is 1. The van der Waals surface area contributed by atoms with Crippen LogP contribution in [0.3, 0.4) is 0 Å². The molecule has 3 unspecified atom stereocenters. The molecule has 0 aromatic heterocycles. The average molecular weight is 602 g/mol. The lowest BCUT2D eigenvalue weighted by molar-refractivity contribution is -0.178. The van der Waals surface area contributed by atoms with Crippen molar-refractivity contribution >= 4 is 36.0 Å². The molecule has 2 aliphatic rings. The maximum atomic E-state index is 14.4. The highest BCUT2D eigenvalue weighted by atomic mass is 32.2. The van der Waals surface area contributed by atoms with E-state index in [0.717, 1.165) is 11.1 Å². The Kier molecular flexibility index (Phi) is 9.13. The molecule has 3 N–H and O–H groups in total. The first kappa shape index (κ1) is 29.9. The zero-order valence-electron chi connectivity index (χ0n) is 23.2. The van der Waals surface area contributed by atoms with Crippen LogP contribution in [0.15, 0.2) is 97.6 Å². The quantitative estimate of drug-likeness (QED) is 0.132. The monoisotopic (exact) mass is 601 g/mol. The number of rotatable bonds is 13. The van der Waals surface area contributed by atoms with Crippen molar-refractivity contribution in [3.05, 3.63) is 114 Å². The average Bonchev–Trinajstić information content (AvgIpc) is 3.04. The normalized spacial score (nSPS) is 22.6. The van der Waals surface area contributed by atoms with E-state index in [4.69, 9.17) is 19.9 Å². The van der Waals surface area contributed by atoms with Crippen molar-refractivity contribution in [1.82, 2.24) is 10.2 Å². The number of ether oxygens (including phenoxy) is 3. The second-order valence-corrected chi connectivity index (χ2v) is 11.4. The second kappa shape index (κ2) is 13.1. The number of benzene rings is 3. The van der Waals surface area contributed by atoms with Crippen LogP contribution >= 0.6 is 11.8 Å². The zero-order chi connectivity index (χ0) is 30.4. The molecule has 0 saturated carbocycles. The molecule has 3 amide bonds. The fourth-order valence-corrected chi connectivity index (χ4v) is 6.71. The molecule has 2 heterocycles. The largest absolute Gasteiger partial charge is 0.492 e. The van der Waals surface area contributed by atoms with Gasteiger partial charge in [-0.1, -0.05) is 66.7 Å². The lowest BCUT2D eigenvalue weighted by Crippen LogP contribution is -2.74. The molecular formula is C32H31N3O7S. The van der Waals surface area contributed by atoms with E-state index in [0.29, 0.717) is 17.7 Å². The summed E-state index contributed by atoms with van der Waals surface area (Å²) in [4.78, 5) is 52.5. The van der Waals surface area contributed by atoms with Crippen molar-refractivity contribution in [2.75, 3.05) is 19.8 Å². The molecule has 2 aliphatic heterocycles. The first-order valence-electron chi connectivity index (χ1n) is 13.6. The summed E-state index contributed by atoms with van der Waals surface area (Å²) in [6, 6.07) is 24.8. The maximum absolute atomic E-state index is 14.4. The third-order valence-corrected chi connectivity index (χ3v) is 9.05. The Morgan fingerprint density at radius 2 is 1.67 bits per heavy atom. The number of esters is 1. The highest BCUT2D eigenvalue weighted by molar-refractivity contribution is 8.00. The van der Waals surface area contributed by atoms with Crippen molar-refractivity contribution in [2.45, 2.75) is 23.0 Å². The fourth-order valence-electron chi connectivity index (χ4n) is 5.14. The first-order chi connectivity index (χ1) is 20.9. The van der Waals surface area contributed by atoms with E-state index in [1.54, 1.807) is 23.1 Å². The minimum absolute atomic E-state index is 0.0859. The SMILES string of the molecule is C=CCOC1C(=O)N2CC(COc3ccc(C(N)=O)cc3)(C(=O)OC(c3ccccc3)c3ccccc3)C(NC=O)S[C@H]12. The summed E-state index contributed by atoms with van der Waals surface area (Å²) >= 11 is 1.23. The summed E-state index contributed by atoms with van der Waals surface area (Å²) < 4.78 is 18.1. The number of carbonyl (C=O) groups is 4. The molecule has 2 fully saturated rings. The van der Waals surface area contributed by atoms with Crippen molar-refractivity contribution in [1.29, 1.82) is 0 Å². The van der Waals surface area contributed by atoms with Gasteiger partial charge < -0.3 is 30.2 Å². The van der Waals surface area contributed by atoms with Crippen LogP contribution in [-0.4, -0.2) is 65.7 Å². The van der Waals surface area contributed by atoms with Crippen LogP contribution in [0.2, 0.25) is 0 Å². The van der Waals surface area contributed by atoms with Gasteiger partial charge in [-0.25, -0.2) is 0 Å². The third kappa shape index (κ3) is 6.13. The van der Waals surface area contributed by atoms with Crippen LogP contribution in [0.1, 0.15) is 27.6 Å². The van der Waals surface area contributed by atoms with Gasteiger partial charge in [0.1, 0.15) is 23.1 Å². The molecule has 222 valence electrons. The summed E-state index contributed by atoms with van der Waals surface area (Å²) in [6.07, 6.45) is 0.563. The third-order valence-electron chi connectivity index (χ3n) is 7.41. The Hall–Kier alpha value is -4.61. The van der Waals surface area contributed by atoms with E-state index < -0.39 is 40.2 Å². The molecule has 5 rings (SSSR count). The van der Waals surface area contributed by atoms with Gasteiger partial charge in [0, 0.05) is 12.1 Å². The number of thioether (sulfide) groups is 1. The van der Waals surface area contributed by atoms with E-state index in [1.165, 1.54) is 23.9 Å². The van der Waals surface area contributed by atoms with Gasteiger partial charge in [0.25, 0.3) is 5.91 Å². The number of hydrogen-bond acceptors (Lipinski definition) is 8. The van der Waals surface area contributed by atoms with Crippen molar-refractivity contribution in [3.8, 4) is 5.75 Å². The Morgan fingerprint density at radius 1 is 1.05 bits per heavy atom. The van der Waals surface area contributed by atoms with Crippen LogP contribution in [0, 0.1) is 5.41 Å². The topological polar surface area (TPSA) is 137 Å². The van der Waals surface area contributed by atoms with E-state index in [1.807, 2.05) is 60.7 Å². The number of nitrogens with one attached hydrogen (secondary N) is 1. The van der Waals surface area contributed by atoms with Crippen LogP contribution in [0.5, 0.6) is 5.75 Å². The first-order valence-corrected chi connectivity index (χ1v) is 14.5. The summed E-state index contributed by atoms with van der Waals surface area (Å²) in [5, 5.41) is 1.51. The zero-order valence-corrected chi connectivity index (χ0v) is 24.0. The molecular weight excluding hydrogens is 570 g/mol. The van der Waals surface area contributed by atoms with Crippen LogP contribution < -0.4 is 15.8 Å². The number of nitrogens with two attached hydrogens (primary N) is 1. The molecule has 2 saturated heterocycles. The smallest absolute Gasteiger partial charge is 0.321 e.